The first kappa shape index (κ1) is 15.1. The zero-order valence-corrected chi connectivity index (χ0v) is 14.2. The number of halogens is 1. The predicted octanol–water partition coefficient (Wildman–Crippen LogP) is 3.00. The van der Waals surface area contributed by atoms with Crippen LogP contribution in [0.5, 0.6) is 23.0 Å². The fraction of sp³-hybridized carbons (Fsp3) is 0.235. The van der Waals surface area contributed by atoms with Crippen molar-refractivity contribution in [3.05, 3.63) is 40.9 Å². The molecule has 1 atom stereocenters. The fourth-order valence-corrected chi connectivity index (χ4v) is 2.94. The summed E-state index contributed by atoms with van der Waals surface area (Å²) in [5.41, 5.74) is 0.590. The molecule has 24 heavy (non-hydrogen) atoms. The van der Waals surface area contributed by atoms with Gasteiger partial charge in [-0.25, -0.2) is 0 Å². The van der Waals surface area contributed by atoms with E-state index in [0.717, 1.165) is 0 Å². The molecule has 1 amide bonds. The molecule has 0 saturated heterocycles. The Labute approximate surface area is 146 Å². The number of nitrogens with one attached hydrogen (secondary N) is 1. The van der Waals surface area contributed by atoms with E-state index in [2.05, 4.69) is 21.2 Å². The third kappa shape index (κ3) is 2.87. The summed E-state index contributed by atoms with van der Waals surface area (Å²) in [6.45, 7) is 1.15. The molecule has 0 bridgehead atoms. The van der Waals surface area contributed by atoms with Gasteiger partial charge < -0.3 is 24.3 Å². The molecule has 2 aromatic rings. The Kier molecular flexibility index (Phi) is 3.93. The largest absolute Gasteiger partial charge is 0.486 e. The summed E-state index contributed by atoms with van der Waals surface area (Å²) in [5.74, 6) is 2.16. The standard InChI is InChI=1S/C17H14BrNO5/c18-10-7-14-15(22-6-5-21-14)8-11(10)19-17(20)16-9-23-12-3-1-2-4-13(12)24-16/h1-4,7-8,16H,5-6,9H2,(H,19,20)/t16-/m1/s1. The van der Waals surface area contributed by atoms with Gasteiger partial charge in [-0.15, -0.1) is 0 Å². The van der Waals surface area contributed by atoms with Gasteiger partial charge in [-0.1, -0.05) is 12.1 Å². The summed E-state index contributed by atoms with van der Waals surface area (Å²) < 4.78 is 23.0. The van der Waals surface area contributed by atoms with E-state index in [9.17, 15) is 4.79 Å². The average Bonchev–Trinajstić information content (AvgIpc) is 2.62. The second kappa shape index (κ2) is 6.24. The summed E-state index contributed by atoms with van der Waals surface area (Å²) >= 11 is 3.43. The van der Waals surface area contributed by atoms with E-state index in [4.69, 9.17) is 18.9 Å². The van der Waals surface area contributed by atoms with Crippen LogP contribution in [0.4, 0.5) is 5.69 Å². The van der Waals surface area contributed by atoms with Crippen molar-refractivity contribution in [1.29, 1.82) is 0 Å². The third-order valence-electron chi connectivity index (χ3n) is 3.69. The normalized spacial score (nSPS) is 18.0. The van der Waals surface area contributed by atoms with Crippen LogP contribution in [0.1, 0.15) is 0 Å². The van der Waals surface area contributed by atoms with E-state index in [1.54, 1.807) is 24.3 Å². The van der Waals surface area contributed by atoms with Gasteiger partial charge in [0.15, 0.2) is 23.0 Å². The van der Waals surface area contributed by atoms with Gasteiger partial charge in [0.05, 0.1) is 5.69 Å². The van der Waals surface area contributed by atoms with Gasteiger partial charge in [0.25, 0.3) is 5.91 Å². The van der Waals surface area contributed by atoms with Crippen LogP contribution in [-0.2, 0) is 4.79 Å². The minimum Gasteiger partial charge on any atom is -0.486 e. The molecule has 2 aromatic carbocycles. The molecule has 2 aliphatic heterocycles. The van der Waals surface area contributed by atoms with Gasteiger partial charge in [-0.3, -0.25) is 4.79 Å². The highest BCUT2D eigenvalue weighted by atomic mass is 79.9. The topological polar surface area (TPSA) is 66.0 Å². The van der Waals surface area contributed by atoms with E-state index in [0.29, 0.717) is 46.4 Å². The minimum absolute atomic E-state index is 0.158. The van der Waals surface area contributed by atoms with Crippen molar-refractivity contribution in [3.63, 3.8) is 0 Å². The SMILES string of the molecule is O=C(Nc1cc2c(cc1Br)OCCO2)[C@H]1COc2ccccc2O1. The van der Waals surface area contributed by atoms with Crippen LogP contribution in [0, 0.1) is 0 Å². The van der Waals surface area contributed by atoms with Crippen LogP contribution < -0.4 is 24.3 Å². The second-order valence-electron chi connectivity index (χ2n) is 5.33. The molecule has 0 unspecified atom stereocenters. The third-order valence-corrected chi connectivity index (χ3v) is 4.35. The maximum atomic E-state index is 12.5. The second-order valence-corrected chi connectivity index (χ2v) is 6.18. The van der Waals surface area contributed by atoms with Crippen LogP contribution in [0.3, 0.4) is 0 Å². The summed E-state index contributed by atoms with van der Waals surface area (Å²) in [5, 5.41) is 2.83. The molecule has 2 heterocycles. The number of amides is 1. The first-order valence-corrected chi connectivity index (χ1v) is 8.28. The number of para-hydroxylation sites is 2. The first-order chi connectivity index (χ1) is 11.7. The highest BCUT2D eigenvalue weighted by Gasteiger charge is 2.28. The zero-order valence-electron chi connectivity index (χ0n) is 12.6. The molecule has 0 spiro atoms. The molecular weight excluding hydrogens is 378 g/mol. The van der Waals surface area contributed by atoms with E-state index >= 15 is 0 Å². The van der Waals surface area contributed by atoms with Gasteiger partial charge >= 0.3 is 0 Å². The number of anilines is 1. The van der Waals surface area contributed by atoms with Crippen LogP contribution >= 0.6 is 15.9 Å². The molecule has 0 aliphatic carbocycles. The minimum atomic E-state index is -0.722. The van der Waals surface area contributed by atoms with Crippen molar-refractivity contribution in [2.45, 2.75) is 6.10 Å². The lowest BCUT2D eigenvalue weighted by Crippen LogP contribution is -2.40. The summed E-state index contributed by atoms with van der Waals surface area (Å²) in [6.07, 6.45) is -0.722. The van der Waals surface area contributed by atoms with Crippen molar-refractivity contribution in [2.75, 3.05) is 25.1 Å². The quantitative estimate of drug-likeness (QED) is 0.852. The maximum absolute atomic E-state index is 12.5. The van der Waals surface area contributed by atoms with Gasteiger partial charge in [0.2, 0.25) is 6.10 Å². The van der Waals surface area contributed by atoms with Crippen molar-refractivity contribution < 1.29 is 23.7 Å². The Morgan fingerprint density at radius 1 is 1.00 bits per heavy atom. The van der Waals surface area contributed by atoms with E-state index in [1.165, 1.54) is 0 Å². The smallest absolute Gasteiger partial charge is 0.269 e. The van der Waals surface area contributed by atoms with Gasteiger partial charge in [0.1, 0.15) is 19.8 Å². The molecule has 124 valence electrons. The fourth-order valence-electron chi connectivity index (χ4n) is 2.52. The summed E-state index contributed by atoms with van der Waals surface area (Å²) in [4.78, 5) is 12.5. The van der Waals surface area contributed by atoms with Crippen LogP contribution in [0.15, 0.2) is 40.9 Å². The number of benzene rings is 2. The molecular formula is C17H14BrNO5. The molecule has 6 nitrogen and oxygen atoms in total. The number of hydrogen-bond acceptors (Lipinski definition) is 5. The van der Waals surface area contributed by atoms with Gasteiger partial charge in [0, 0.05) is 16.6 Å². The Morgan fingerprint density at radius 3 is 2.50 bits per heavy atom. The molecule has 0 saturated carbocycles. The number of rotatable bonds is 2. The van der Waals surface area contributed by atoms with Crippen molar-refractivity contribution in [3.8, 4) is 23.0 Å². The van der Waals surface area contributed by atoms with E-state index in [1.807, 2.05) is 12.1 Å². The molecule has 1 N–H and O–H groups in total. The van der Waals surface area contributed by atoms with E-state index in [-0.39, 0.29) is 12.5 Å². The number of carbonyl (C=O) groups excluding carboxylic acids is 1. The number of ether oxygens (including phenoxy) is 4. The lowest BCUT2D eigenvalue weighted by Gasteiger charge is -2.26. The highest BCUT2D eigenvalue weighted by Crippen LogP contribution is 2.38. The van der Waals surface area contributed by atoms with Gasteiger partial charge in [-0.05, 0) is 28.1 Å². The maximum Gasteiger partial charge on any atom is 0.269 e. The molecule has 0 aromatic heterocycles. The number of carbonyl (C=O) groups is 1. The van der Waals surface area contributed by atoms with E-state index < -0.39 is 6.10 Å². The molecule has 7 heteroatoms. The number of fused-ring (bicyclic) bond motifs is 2. The Bertz CT molecular complexity index is 795. The lowest BCUT2D eigenvalue weighted by atomic mass is 10.2. The molecule has 4 rings (SSSR count). The molecule has 0 radical (unpaired) electrons. The predicted molar refractivity (Wildman–Crippen MR) is 90.1 cm³/mol. The monoisotopic (exact) mass is 391 g/mol. The van der Waals surface area contributed by atoms with Crippen molar-refractivity contribution in [1.82, 2.24) is 0 Å². The zero-order chi connectivity index (χ0) is 16.5. The molecule has 2 aliphatic rings. The van der Waals surface area contributed by atoms with Crippen molar-refractivity contribution in [2.24, 2.45) is 0 Å². The average molecular weight is 392 g/mol. The van der Waals surface area contributed by atoms with Crippen molar-refractivity contribution >= 4 is 27.5 Å². The van der Waals surface area contributed by atoms with Gasteiger partial charge in [-0.2, -0.15) is 0 Å². The van der Waals surface area contributed by atoms with Crippen LogP contribution in [0.2, 0.25) is 0 Å². The highest BCUT2D eigenvalue weighted by molar-refractivity contribution is 9.10. The van der Waals surface area contributed by atoms with Crippen LogP contribution in [-0.4, -0.2) is 31.8 Å². The Hall–Kier alpha value is -2.41. The first-order valence-electron chi connectivity index (χ1n) is 7.49. The Balaban J connectivity index is 1.51. The lowest BCUT2D eigenvalue weighted by molar-refractivity contribution is -0.125. The van der Waals surface area contributed by atoms with Crippen LogP contribution in [0.25, 0.3) is 0 Å². The number of hydrogen-bond donors (Lipinski definition) is 1. The summed E-state index contributed by atoms with van der Waals surface area (Å²) in [7, 11) is 0. The Morgan fingerprint density at radius 2 is 1.71 bits per heavy atom. The molecule has 0 fully saturated rings. The summed E-state index contributed by atoms with van der Waals surface area (Å²) in [6, 6.07) is 10.8.